The summed E-state index contributed by atoms with van der Waals surface area (Å²) in [5.74, 6) is -0.532. The Morgan fingerprint density at radius 1 is 1.48 bits per heavy atom. The van der Waals surface area contributed by atoms with Gasteiger partial charge < -0.3 is 10.6 Å². The molecule has 2 saturated heterocycles. The fourth-order valence-corrected chi connectivity index (χ4v) is 4.38. The number of hydrogen-bond donors (Lipinski definition) is 3. The Balaban J connectivity index is 1.39. The number of rotatable bonds is 7. The third-order valence-electron chi connectivity index (χ3n) is 5.69. The van der Waals surface area contributed by atoms with Crippen LogP contribution in [0.3, 0.4) is 0 Å². The number of pyridine rings is 1. The molecule has 3 fully saturated rings. The first-order chi connectivity index (χ1) is 13.7. The van der Waals surface area contributed by atoms with Crippen LogP contribution in [-0.2, 0) is 24.3 Å². The summed E-state index contributed by atoms with van der Waals surface area (Å²) in [6.07, 6.45) is 5.01. The summed E-state index contributed by atoms with van der Waals surface area (Å²) in [5.41, 5.74) is 8.64. The second-order valence-electron chi connectivity index (χ2n) is 7.53. The first-order valence-corrected chi connectivity index (χ1v) is 10.4. The van der Waals surface area contributed by atoms with E-state index in [0.29, 0.717) is 11.5 Å². The van der Waals surface area contributed by atoms with Crippen LogP contribution in [0.25, 0.3) is 0 Å². The Hall–Kier alpha value is -2.32. The summed E-state index contributed by atoms with van der Waals surface area (Å²) in [7, 11) is -4.86. The van der Waals surface area contributed by atoms with Gasteiger partial charge in [0.15, 0.2) is 0 Å². The molecule has 1 aromatic heterocycles. The first kappa shape index (κ1) is 20.0. The zero-order chi connectivity index (χ0) is 20.8. The van der Waals surface area contributed by atoms with E-state index in [1.165, 1.54) is 4.90 Å². The Kier molecular flexibility index (Phi) is 4.94. The summed E-state index contributed by atoms with van der Waals surface area (Å²) in [6, 6.07) is 0.853. The van der Waals surface area contributed by atoms with Gasteiger partial charge in [0.25, 0.3) is 5.91 Å². The first-order valence-electron chi connectivity index (χ1n) is 9.04. The molecule has 0 aromatic carbocycles. The second kappa shape index (κ2) is 7.18. The summed E-state index contributed by atoms with van der Waals surface area (Å²) in [4.78, 5) is 35.6. The molecule has 1 unspecified atom stereocenters. The van der Waals surface area contributed by atoms with Gasteiger partial charge in [0, 0.05) is 18.9 Å². The van der Waals surface area contributed by atoms with E-state index in [1.807, 2.05) is 0 Å². The molecule has 29 heavy (non-hydrogen) atoms. The van der Waals surface area contributed by atoms with Crippen molar-refractivity contribution in [1.82, 2.24) is 20.4 Å². The topological polar surface area (TPSA) is 164 Å². The standard InChI is InChI=1S/C16H21N5O7S/c17-11(10-2-1-5-18-7-10)9-27-19-14(22)12-6-16(3-4-16)13-8-20(12)15(23)21(13)28-29(24,25)26/h1-2,5,7,11-13H,3-4,6,8-9,17H2,(H,19,22)(H,24,25,26)/t11?,12-,13+/m0/s1. The third kappa shape index (κ3) is 3.91. The lowest BCUT2D eigenvalue weighted by Crippen LogP contribution is -2.52. The molecular formula is C16H21N5O7S. The average Bonchev–Trinajstić information content (AvgIpc) is 3.39. The van der Waals surface area contributed by atoms with Crippen molar-refractivity contribution in [3.05, 3.63) is 30.1 Å². The van der Waals surface area contributed by atoms with Crippen LogP contribution in [0.5, 0.6) is 0 Å². The molecule has 13 heteroatoms. The van der Waals surface area contributed by atoms with Gasteiger partial charge in [0.05, 0.1) is 18.7 Å². The van der Waals surface area contributed by atoms with Crippen LogP contribution in [0.2, 0.25) is 0 Å². The molecule has 3 amide bonds. The van der Waals surface area contributed by atoms with Gasteiger partial charge in [-0.15, -0.1) is 4.28 Å². The number of hydroxylamine groups is 3. The normalized spacial score (nSPS) is 25.9. The van der Waals surface area contributed by atoms with Gasteiger partial charge in [-0.3, -0.25) is 19.2 Å². The zero-order valence-corrected chi connectivity index (χ0v) is 16.1. The van der Waals surface area contributed by atoms with Crippen LogP contribution in [0, 0.1) is 5.41 Å². The van der Waals surface area contributed by atoms with Crippen LogP contribution >= 0.6 is 0 Å². The maximum atomic E-state index is 12.6. The summed E-state index contributed by atoms with van der Waals surface area (Å²) in [6.45, 7) is 0.130. The van der Waals surface area contributed by atoms with Crippen molar-refractivity contribution < 1.29 is 31.7 Å². The lowest BCUT2D eigenvalue weighted by molar-refractivity contribution is -0.140. The highest BCUT2D eigenvalue weighted by atomic mass is 32.3. The minimum atomic E-state index is -4.86. The number of amides is 3. The summed E-state index contributed by atoms with van der Waals surface area (Å²) >= 11 is 0. The van der Waals surface area contributed by atoms with E-state index in [1.54, 1.807) is 24.5 Å². The number of carbonyl (C=O) groups is 2. The van der Waals surface area contributed by atoms with Crippen molar-refractivity contribution in [1.29, 1.82) is 0 Å². The van der Waals surface area contributed by atoms with Crippen LogP contribution in [0.15, 0.2) is 24.5 Å². The van der Waals surface area contributed by atoms with Crippen LogP contribution < -0.4 is 11.2 Å². The fourth-order valence-electron chi connectivity index (χ4n) is 4.01. The minimum Gasteiger partial charge on any atom is -0.322 e. The molecule has 4 N–H and O–H groups in total. The Morgan fingerprint density at radius 2 is 2.24 bits per heavy atom. The van der Waals surface area contributed by atoms with Crippen LogP contribution in [-0.4, -0.2) is 65.1 Å². The molecule has 2 aliphatic heterocycles. The number of nitrogens with two attached hydrogens (primary N) is 1. The molecular weight excluding hydrogens is 406 g/mol. The predicted octanol–water partition coefficient (Wildman–Crippen LogP) is -0.478. The Labute approximate surface area is 166 Å². The molecule has 3 heterocycles. The van der Waals surface area contributed by atoms with Gasteiger partial charge in [-0.1, -0.05) is 6.07 Å². The molecule has 4 rings (SSSR count). The van der Waals surface area contributed by atoms with Gasteiger partial charge in [0.2, 0.25) is 0 Å². The maximum Gasteiger partial charge on any atom is 0.418 e. The highest BCUT2D eigenvalue weighted by Gasteiger charge is 2.65. The number of hydrogen-bond acceptors (Lipinski definition) is 8. The monoisotopic (exact) mass is 427 g/mol. The minimum absolute atomic E-state index is 0.00383. The molecule has 1 aliphatic carbocycles. The predicted molar refractivity (Wildman–Crippen MR) is 95.7 cm³/mol. The molecule has 158 valence electrons. The number of piperidine rings is 1. The maximum absolute atomic E-state index is 12.6. The third-order valence-corrected chi connectivity index (χ3v) is 6.04. The van der Waals surface area contributed by atoms with E-state index in [-0.39, 0.29) is 13.2 Å². The highest BCUT2D eigenvalue weighted by molar-refractivity contribution is 7.80. The zero-order valence-electron chi connectivity index (χ0n) is 15.3. The van der Waals surface area contributed by atoms with Gasteiger partial charge in [-0.05, 0) is 36.3 Å². The molecule has 3 aliphatic rings. The van der Waals surface area contributed by atoms with E-state index < -0.39 is 45.9 Å². The van der Waals surface area contributed by atoms with Crippen LogP contribution in [0.4, 0.5) is 4.79 Å². The van der Waals surface area contributed by atoms with Gasteiger partial charge in [-0.25, -0.2) is 10.3 Å². The number of aromatic nitrogens is 1. The molecule has 0 radical (unpaired) electrons. The Morgan fingerprint density at radius 3 is 2.86 bits per heavy atom. The second-order valence-corrected chi connectivity index (χ2v) is 8.54. The van der Waals surface area contributed by atoms with Crippen molar-refractivity contribution in [3.63, 3.8) is 0 Å². The van der Waals surface area contributed by atoms with Crippen molar-refractivity contribution in [3.8, 4) is 0 Å². The SMILES string of the molecule is NC(CONC(=O)[C@@H]1CC2(CC2)[C@H]2CN1C(=O)N2OS(=O)(=O)O)c1cccnc1. The average molecular weight is 427 g/mol. The summed E-state index contributed by atoms with van der Waals surface area (Å²) in [5, 5.41) is 0.661. The Bertz CT molecular complexity index is 907. The lowest BCUT2D eigenvalue weighted by atomic mass is 9.85. The van der Waals surface area contributed by atoms with Crippen molar-refractivity contribution in [2.24, 2.45) is 11.1 Å². The van der Waals surface area contributed by atoms with Gasteiger partial charge >= 0.3 is 16.4 Å². The number of nitrogens with zero attached hydrogens (tertiary/aromatic N) is 3. The van der Waals surface area contributed by atoms with Crippen molar-refractivity contribution >= 4 is 22.3 Å². The van der Waals surface area contributed by atoms with E-state index >= 15 is 0 Å². The molecule has 2 bridgehead atoms. The van der Waals surface area contributed by atoms with Crippen molar-refractivity contribution in [2.75, 3.05) is 13.2 Å². The largest absolute Gasteiger partial charge is 0.418 e. The number of carbonyl (C=O) groups excluding carboxylic acids is 2. The molecule has 12 nitrogen and oxygen atoms in total. The van der Waals surface area contributed by atoms with Crippen molar-refractivity contribution in [2.45, 2.75) is 37.4 Å². The van der Waals surface area contributed by atoms with E-state index in [9.17, 15) is 18.0 Å². The van der Waals surface area contributed by atoms with Crippen LogP contribution in [0.1, 0.15) is 30.9 Å². The fraction of sp³-hybridized carbons (Fsp3) is 0.562. The van der Waals surface area contributed by atoms with E-state index in [4.69, 9.17) is 15.1 Å². The number of nitrogens with one attached hydrogen (secondary N) is 1. The van der Waals surface area contributed by atoms with Gasteiger partial charge in [-0.2, -0.15) is 13.5 Å². The molecule has 1 saturated carbocycles. The molecule has 1 aromatic rings. The van der Waals surface area contributed by atoms with E-state index in [2.05, 4.69) is 14.7 Å². The quantitative estimate of drug-likeness (QED) is 0.385. The van der Waals surface area contributed by atoms with E-state index in [0.717, 1.165) is 18.4 Å². The number of urea groups is 1. The summed E-state index contributed by atoms with van der Waals surface area (Å²) < 4.78 is 35.6. The highest BCUT2D eigenvalue weighted by Crippen LogP contribution is 2.59. The smallest absolute Gasteiger partial charge is 0.322 e. The van der Waals surface area contributed by atoms with Gasteiger partial charge in [0.1, 0.15) is 6.04 Å². The molecule has 1 spiro atoms. The number of fused-ring (bicyclic) bond motifs is 3. The lowest BCUT2D eigenvalue weighted by Gasteiger charge is -2.35. The molecule has 3 atom stereocenters.